The summed E-state index contributed by atoms with van der Waals surface area (Å²) in [6, 6.07) is 0. The number of halogens is 1. The number of aromatic nitrogens is 1. The van der Waals surface area contributed by atoms with Gasteiger partial charge in [0.15, 0.2) is 3.92 Å². The van der Waals surface area contributed by atoms with E-state index in [0.717, 1.165) is 16.9 Å². The Morgan fingerprint density at radius 3 is 3.23 bits per heavy atom. The maximum atomic E-state index is 4.45. The third-order valence-corrected chi connectivity index (χ3v) is 3.86. The fraction of sp³-hybridized carbons (Fsp3) is 0.667. The van der Waals surface area contributed by atoms with Gasteiger partial charge < -0.3 is 0 Å². The van der Waals surface area contributed by atoms with Crippen molar-refractivity contribution in [3.63, 3.8) is 0 Å². The Morgan fingerprint density at radius 2 is 2.46 bits per heavy atom. The van der Waals surface area contributed by atoms with Gasteiger partial charge in [-0.2, -0.15) is 0 Å². The third kappa shape index (κ3) is 2.11. The summed E-state index contributed by atoms with van der Waals surface area (Å²) >= 11 is 5.22. The minimum absolute atomic E-state index is 1.04. The van der Waals surface area contributed by atoms with Crippen molar-refractivity contribution in [2.75, 3.05) is 13.1 Å². The van der Waals surface area contributed by atoms with Crippen molar-refractivity contribution in [1.29, 1.82) is 0 Å². The number of rotatable bonds is 2. The predicted molar refractivity (Wildman–Crippen MR) is 59.1 cm³/mol. The zero-order valence-electron chi connectivity index (χ0n) is 7.72. The van der Waals surface area contributed by atoms with E-state index in [1.165, 1.54) is 30.1 Å². The Labute approximate surface area is 91.1 Å². The lowest BCUT2D eigenvalue weighted by molar-refractivity contribution is 0.256. The van der Waals surface area contributed by atoms with Crippen molar-refractivity contribution in [3.8, 4) is 0 Å². The maximum absolute atomic E-state index is 4.45. The molecule has 0 unspecified atom stereocenters. The molecule has 0 atom stereocenters. The van der Waals surface area contributed by atoms with Gasteiger partial charge in [-0.25, -0.2) is 4.98 Å². The zero-order valence-corrected chi connectivity index (χ0v) is 10.1. The van der Waals surface area contributed by atoms with Crippen LogP contribution in [0.1, 0.15) is 23.9 Å². The highest BCUT2D eigenvalue weighted by molar-refractivity contribution is 9.11. The number of hydrogen-bond acceptors (Lipinski definition) is 3. The first-order valence-corrected chi connectivity index (χ1v) is 6.27. The van der Waals surface area contributed by atoms with E-state index in [1.807, 2.05) is 0 Å². The Morgan fingerprint density at radius 1 is 1.62 bits per heavy atom. The van der Waals surface area contributed by atoms with Crippen LogP contribution in [0.5, 0.6) is 0 Å². The van der Waals surface area contributed by atoms with Gasteiger partial charge in [0.2, 0.25) is 0 Å². The van der Waals surface area contributed by atoms with Gasteiger partial charge in [0, 0.05) is 24.4 Å². The summed E-state index contributed by atoms with van der Waals surface area (Å²) in [4.78, 5) is 8.41. The van der Waals surface area contributed by atoms with Gasteiger partial charge in [0.25, 0.3) is 0 Å². The smallest absolute Gasteiger partial charge is 0.159 e. The largest absolute Gasteiger partial charge is 0.298 e. The van der Waals surface area contributed by atoms with Gasteiger partial charge in [-0.1, -0.05) is 6.92 Å². The van der Waals surface area contributed by atoms with Crippen molar-refractivity contribution in [1.82, 2.24) is 9.88 Å². The average molecular weight is 261 g/mol. The molecular formula is C9H13BrN2S. The molecule has 0 saturated carbocycles. The second-order valence-corrected chi connectivity index (χ2v) is 5.72. The number of fused-ring (bicyclic) bond motifs is 1. The lowest BCUT2D eigenvalue weighted by Crippen LogP contribution is -2.30. The third-order valence-electron chi connectivity index (χ3n) is 2.32. The van der Waals surface area contributed by atoms with Crippen LogP contribution in [0, 0.1) is 0 Å². The summed E-state index contributed by atoms with van der Waals surface area (Å²) in [6.45, 7) is 5.73. The molecule has 0 N–H and O–H groups in total. The first-order chi connectivity index (χ1) is 6.29. The molecule has 13 heavy (non-hydrogen) atoms. The van der Waals surface area contributed by atoms with Crippen LogP contribution < -0.4 is 0 Å². The molecule has 0 aliphatic carbocycles. The Balaban J connectivity index is 2.10. The lowest BCUT2D eigenvalue weighted by Gasteiger charge is -2.24. The molecule has 0 aromatic carbocycles. The normalized spacial score (nSPS) is 17.4. The molecule has 72 valence electrons. The van der Waals surface area contributed by atoms with Gasteiger partial charge in [0.1, 0.15) is 0 Å². The highest BCUT2D eigenvalue weighted by Gasteiger charge is 2.18. The second kappa shape index (κ2) is 4.07. The van der Waals surface area contributed by atoms with Gasteiger partial charge >= 0.3 is 0 Å². The average Bonchev–Trinajstić information content (AvgIpc) is 2.44. The zero-order chi connectivity index (χ0) is 9.26. The molecule has 2 rings (SSSR count). The summed E-state index contributed by atoms with van der Waals surface area (Å²) in [6.07, 6.45) is 2.37. The highest BCUT2D eigenvalue weighted by atomic mass is 79.9. The van der Waals surface area contributed by atoms with Crippen LogP contribution in [0.15, 0.2) is 3.92 Å². The standard InChI is InChI=1S/C9H13BrN2S/c1-2-4-12-5-3-7-8(6-12)13-9(10)11-7/h2-6H2,1H3. The van der Waals surface area contributed by atoms with E-state index in [1.54, 1.807) is 11.3 Å². The van der Waals surface area contributed by atoms with E-state index in [4.69, 9.17) is 0 Å². The van der Waals surface area contributed by atoms with Crippen LogP contribution in [-0.2, 0) is 13.0 Å². The Bertz CT molecular complexity index is 298. The van der Waals surface area contributed by atoms with Gasteiger partial charge in [-0.3, -0.25) is 4.90 Å². The summed E-state index contributed by atoms with van der Waals surface area (Å²) in [5.41, 5.74) is 1.31. The topological polar surface area (TPSA) is 16.1 Å². The minimum Gasteiger partial charge on any atom is -0.298 e. The maximum Gasteiger partial charge on any atom is 0.159 e. The van der Waals surface area contributed by atoms with Crippen LogP contribution in [0.25, 0.3) is 0 Å². The molecule has 0 radical (unpaired) electrons. The molecule has 0 fully saturated rings. The molecule has 4 heteroatoms. The molecule has 2 heterocycles. The van der Waals surface area contributed by atoms with Gasteiger partial charge in [0.05, 0.1) is 5.69 Å². The number of nitrogens with zero attached hydrogens (tertiary/aromatic N) is 2. The van der Waals surface area contributed by atoms with E-state index in [9.17, 15) is 0 Å². The molecule has 0 bridgehead atoms. The molecule has 0 amide bonds. The van der Waals surface area contributed by atoms with E-state index >= 15 is 0 Å². The van der Waals surface area contributed by atoms with Crippen molar-refractivity contribution in [2.45, 2.75) is 26.3 Å². The monoisotopic (exact) mass is 260 g/mol. The fourth-order valence-corrected chi connectivity index (χ4v) is 3.40. The molecular weight excluding hydrogens is 248 g/mol. The number of thiazole rings is 1. The fourth-order valence-electron chi connectivity index (χ4n) is 1.72. The van der Waals surface area contributed by atoms with E-state index in [-0.39, 0.29) is 0 Å². The van der Waals surface area contributed by atoms with Crippen molar-refractivity contribution >= 4 is 27.3 Å². The minimum atomic E-state index is 1.04. The molecule has 0 spiro atoms. The quantitative estimate of drug-likeness (QED) is 0.813. The van der Waals surface area contributed by atoms with Crippen LogP contribution in [0.4, 0.5) is 0 Å². The van der Waals surface area contributed by atoms with Gasteiger partial charge in [-0.05, 0) is 28.9 Å². The van der Waals surface area contributed by atoms with Crippen LogP contribution in [0.2, 0.25) is 0 Å². The van der Waals surface area contributed by atoms with Crippen LogP contribution in [-0.4, -0.2) is 23.0 Å². The Hall–Kier alpha value is 0.0700. The summed E-state index contributed by atoms with van der Waals surface area (Å²) in [5.74, 6) is 0. The Kier molecular flexibility index (Phi) is 3.01. The summed E-state index contributed by atoms with van der Waals surface area (Å²) < 4.78 is 1.04. The first kappa shape index (κ1) is 9.62. The van der Waals surface area contributed by atoms with Crippen molar-refractivity contribution in [3.05, 3.63) is 14.5 Å². The molecule has 1 aromatic rings. The van der Waals surface area contributed by atoms with E-state index in [0.29, 0.717) is 0 Å². The molecule has 1 aromatic heterocycles. The lowest BCUT2D eigenvalue weighted by atomic mass is 10.2. The van der Waals surface area contributed by atoms with Crippen LogP contribution in [0.3, 0.4) is 0 Å². The van der Waals surface area contributed by atoms with Crippen LogP contribution >= 0.6 is 27.3 Å². The van der Waals surface area contributed by atoms with E-state index < -0.39 is 0 Å². The summed E-state index contributed by atoms with van der Waals surface area (Å²) in [7, 11) is 0. The summed E-state index contributed by atoms with van der Waals surface area (Å²) in [5, 5.41) is 0. The molecule has 1 aliphatic rings. The van der Waals surface area contributed by atoms with Crippen molar-refractivity contribution in [2.24, 2.45) is 0 Å². The van der Waals surface area contributed by atoms with Gasteiger partial charge in [-0.15, -0.1) is 11.3 Å². The number of hydrogen-bond donors (Lipinski definition) is 0. The van der Waals surface area contributed by atoms with Crippen molar-refractivity contribution < 1.29 is 0 Å². The highest BCUT2D eigenvalue weighted by Crippen LogP contribution is 2.28. The molecule has 2 nitrogen and oxygen atoms in total. The van der Waals surface area contributed by atoms with E-state index in [2.05, 4.69) is 32.7 Å². The SMILES string of the molecule is CCCN1CCc2nc(Br)sc2C1. The first-order valence-electron chi connectivity index (χ1n) is 4.66. The molecule has 0 saturated heterocycles. The second-order valence-electron chi connectivity index (χ2n) is 3.36. The predicted octanol–water partition coefficient (Wildman–Crippen LogP) is 2.67. The molecule has 1 aliphatic heterocycles.